The van der Waals surface area contributed by atoms with Gasteiger partial charge in [0.2, 0.25) is 0 Å². The summed E-state index contributed by atoms with van der Waals surface area (Å²) in [4.78, 5) is 29.4. The molecule has 3 heterocycles. The molecule has 0 spiro atoms. The van der Waals surface area contributed by atoms with Gasteiger partial charge in [-0.25, -0.2) is 4.79 Å². The summed E-state index contributed by atoms with van der Waals surface area (Å²) in [5.74, 6) is -0.171. The minimum absolute atomic E-state index is 0.171. The van der Waals surface area contributed by atoms with Crippen LogP contribution in [0.15, 0.2) is 27.9 Å². The van der Waals surface area contributed by atoms with Gasteiger partial charge in [-0.05, 0) is 15.9 Å². The van der Waals surface area contributed by atoms with Crippen molar-refractivity contribution in [3.63, 3.8) is 0 Å². The van der Waals surface area contributed by atoms with Gasteiger partial charge in [0, 0.05) is 25.5 Å². The molecule has 18 heavy (non-hydrogen) atoms. The average Bonchev–Trinajstić information content (AvgIpc) is 2.85. The van der Waals surface area contributed by atoms with Gasteiger partial charge in [-0.3, -0.25) is 9.48 Å². The van der Waals surface area contributed by atoms with Gasteiger partial charge < -0.3 is 14.9 Å². The number of amides is 1. The summed E-state index contributed by atoms with van der Waals surface area (Å²) in [5, 5.41) is 4.18. The molecule has 0 aliphatic carbocycles. The Balaban J connectivity index is 1.65. The van der Waals surface area contributed by atoms with Crippen molar-refractivity contribution in [1.29, 1.82) is 0 Å². The first-order valence-corrected chi connectivity index (χ1v) is 6.19. The first-order chi connectivity index (χ1) is 8.63. The molecule has 8 heteroatoms. The number of aromatic amines is 2. The number of nitrogens with zero attached hydrogens (tertiary/aromatic N) is 3. The molecule has 0 radical (unpaired) electrons. The third kappa shape index (κ3) is 1.88. The number of imidazole rings is 1. The zero-order valence-electron chi connectivity index (χ0n) is 9.26. The summed E-state index contributed by atoms with van der Waals surface area (Å²) in [6.07, 6.45) is 4.99. The molecular formula is C10H10BrN5O2. The van der Waals surface area contributed by atoms with Gasteiger partial charge >= 0.3 is 5.69 Å². The third-order valence-electron chi connectivity index (χ3n) is 2.92. The lowest BCUT2D eigenvalue weighted by molar-refractivity contribution is 0.0496. The van der Waals surface area contributed by atoms with E-state index >= 15 is 0 Å². The molecule has 0 saturated carbocycles. The average molecular weight is 312 g/mol. The van der Waals surface area contributed by atoms with Crippen LogP contribution in [0.4, 0.5) is 0 Å². The number of likely N-dealkylation sites (tertiary alicyclic amines) is 1. The SMILES string of the molecule is O=C(c1c[nH]c(=O)[nH]1)N1CC(n2cc(Br)cn2)C1. The monoisotopic (exact) mass is 311 g/mol. The molecule has 0 atom stereocenters. The van der Waals surface area contributed by atoms with Crippen LogP contribution in [-0.4, -0.2) is 43.6 Å². The molecule has 2 aromatic rings. The van der Waals surface area contributed by atoms with Gasteiger partial charge in [0.1, 0.15) is 5.69 Å². The molecule has 7 nitrogen and oxygen atoms in total. The number of nitrogens with one attached hydrogen (secondary N) is 2. The number of H-pyrrole nitrogens is 2. The quantitative estimate of drug-likeness (QED) is 0.839. The topological polar surface area (TPSA) is 86.8 Å². The van der Waals surface area contributed by atoms with E-state index in [0.29, 0.717) is 18.8 Å². The Morgan fingerprint density at radius 1 is 1.50 bits per heavy atom. The highest BCUT2D eigenvalue weighted by Gasteiger charge is 2.33. The Labute approximate surface area is 110 Å². The van der Waals surface area contributed by atoms with E-state index in [4.69, 9.17) is 0 Å². The van der Waals surface area contributed by atoms with Gasteiger partial charge in [0.15, 0.2) is 0 Å². The van der Waals surface area contributed by atoms with E-state index in [-0.39, 0.29) is 17.6 Å². The molecule has 0 aromatic carbocycles. The fourth-order valence-electron chi connectivity index (χ4n) is 1.92. The van der Waals surface area contributed by atoms with Crippen LogP contribution in [0.1, 0.15) is 16.5 Å². The lowest BCUT2D eigenvalue weighted by atomic mass is 10.1. The van der Waals surface area contributed by atoms with Gasteiger partial charge in [0.25, 0.3) is 5.91 Å². The van der Waals surface area contributed by atoms with Crippen LogP contribution in [0.2, 0.25) is 0 Å². The van der Waals surface area contributed by atoms with E-state index in [2.05, 4.69) is 31.0 Å². The van der Waals surface area contributed by atoms with Gasteiger partial charge in [-0.2, -0.15) is 5.10 Å². The molecule has 94 valence electrons. The maximum Gasteiger partial charge on any atom is 0.323 e. The second-order valence-electron chi connectivity index (χ2n) is 4.16. The Morgan fingerprint density at radius 2 is 2.28 bits per heavy atom. The largest absolute Gasteiger partial charge is 0.333 e. The van der Waals surface area contributed by atoms with Crippen molar-refractivity contribution in [3.05, 3.63) is 39.2 Å². The highest BCUT2D eigenvalue weighted by Crippen LogP contribution is 2.23. The number of halogens is 1. The van der Waals surface area contributed by atoms with E-state index in [1.165, 1.54) is 6.20 Å². The molecular weight excluding hydrogens is 302 g/mol. The Kier molecular flexibility index (Phi) is 2.58. The highest BCUT2D eigenvalue weighted by molar-refractivity contribution is 9.10. The second-order valence-corrected chi connectivity index (χ2v) is 5.07. The number of carbonyl (C=O) groups is 1. The van der Waals surface area contributed by atoms with Crippen molar-refractivity contribution >= 4 is 21.8 Å². The van der Waals surface area contributed by atoms with Crippen LogP contribution < -0.4 is 5.69 Å². The zero-order valence-corrected chi connectivity index (χ0v) is 10.8. The Morgan fingerprint density at radius 3 is 2.83 bits per heavy atom. The zero-order chi connectivity index (χ0) is 12.7. The van der Waals surface area contributed by atoms with Crippen molar-refractivity contribution in [2.45, 2.75) is 6.04 Å². The normalized spacial score (nSPS) is 15.7. The van der Waals surface area contributed by atoms with Crippen LogP contribution in [-0.2, 0) is 0 Å². The van der Waals surface area contributed by atoms with Crippen molar-refractivity contribution in [3.8, 4) is 0 Å². The lowest BCUT2D eigenvalue weighted by Gasteiger charge is -2.38. The minimum Gasteiger partial charge on any atom is -0.333 e. The lowest BCUT2D eigenvalue weighted by Crippen LogP contribution is -2.51. The summed E-state index contributed by atoms with van der Waals surface area (Å²) >= 11 is 3.33. The van der Waals surface area contributed by atoms with Crippen molar-refractivity contribution < 1.29 is 4.79 Å². The predicted octanol–water partition coefficient (Wildman–Crippen LogP) is 0.359. The summed E-state index contributed by atoms with van der Waals surface area (Å²) in [6.45, 7) is 1.19. The summed E-state index contributed by atoms with van der Waals surface area (Å²) in [5.41, 5.74) is -0.0773. The molecule has 2 aromatic heterocycles. The van der Waals surface area contributed by atoms with Crippen molar-refractivity contribution in [1.82, 2.24) is 24.6 Å². The molecule has 1 aliphatic rings. The van der Waals surface area contributed by atoms with Crippen LogP contribution in [0.5, 0.6) is 0 Å². The van der Waals surface area contributed by atoms with Crippen LogP contribution >= 0.6 is 15.9 Å². The van der Waals surface area contributed by atoms with Crippen molar-refractivity contribution in [2.24, 2.45) is 0 Å². The number of rotatable bonds is 2. The smallest absolute Gasteiger partial charge is 0.323 e. The second kappa shape index (κ2) is 4.13. The van der Waals surface area contributed by atoms with Crippen LogP contribution in [0, 0.1) is 0 Å². The van der Waals surface area contributed by atoms with E-state index in [1.807, 2.05) is 10.9 Å². The van der Waals surface area contributed by atoms with E-state index in [0.717, 1.165) is 4.47 Å². The molecule has 2 N–H and O–H groups in total. The van der Waals surface area contributed by atoms with E-state index in [1.54, 1.807) is 11.1 Å². The Hall–Kier alpha value is -1.83. The summed E-state index contributed by atoms with van der Waals surface area (Å²) in [6, 6.07) is 0.200. The number of aromatic nitrogens is 4. The summed E-state index contributed by atoms with van der Waals surface area (Å²) < 4.78 is 2.75. The maximum atomic E-state index is 11.9. The standard InChI is InChI=1S/C10H10BrN5O2/c11-6-1-13-16(3-6)7-4-15(5-7)9(17)8-2-12-10(18)14-8/h1-3,7H,4-5H2,(H2,12,14,18). The van der Waals surface area contributed by atoms with E-state index < -0.39 is 0 Å². The van der Waals surface area contributed by atoms with Crippen LogP contribution in [0.3, 0.4) is 0 Å². The molecule has 1 amide bonds. The minimum atomic E-state index is -0.369. The first kappa shape index (κ1) is 11.3. The van der Waals surface area contributed by atoms with Gasteiger partial charge in [-0.15, -0.1) is 0 Å². The first-order valence-electron chi connectivity index (χ1n) is 5.40. The fraction of sp³-hybridized carbons (Fsp3) is 0.300. The molecule has 1 fully saturated rings. The summed E-state index contributed by atoms with van der Waals surface area (Å²) in [7, 11) is 0. The molecule has 3 rings (SSSR count). The molecule has 0 bridgehead atoms. The maximum absolute atomic E-state index is 11.9. The fourth-order valence-corrected chi connectivity index (χ4v) is 2.22. The van der Waals surface area contributed by atoms with Crippen LogP contribution in [0.25, 0.3) is 0 Å². The van der Waals surface area contributed by atoms with Gasteiger partial charge in [-0.1, -0.05) is 0 Å². The molecule has 1 saturated heterocycles. The highest BCUT2D eigenvalue weighted by atomic mass is 79.9. The van der Waals surface area contributed by atoms with Crippen molar-refractivity contribution in [2.75, 3.05) is 13.1 Å². The molecule has 0 unspecified atom stereocenters. The van der Waals surface area contributed by atoms with Gasteiger partial charge in [0.05, 0.1) is 16.7 Å². The number of hydrogen-bond acceptors (Lipinski definition) is 3. The number of carbonyl (C=O) groups excluding carboxylic acids is 1. The van der Waals surface area contributed by atoms with E-state index in [9.17, 15) is 9.59 Å². The molecule has 1 aliphatic heterocycles. The third-order valence-corrected chi connectivity index (χ3v) is 3.33. The predicted molar refractivity (Wildman–Crippen MR) is 66.3 cm³/mol. The Bertz CT molecular complexity index is 636. The number of hydrogen-bond donors (Lipinski definition) is 2.